The van der Waals surface area contributed by atoms with Crippen molar-refractivity contribution in [1.29, 1.82) is 0 Å². The van der Waals surface area contributed by atoms with Gasteiger partial charge < -0.3 is 10.1 Å². The maximum atomic E-state index is 12.6. The Morgan fingerprint density at radius 3 is 2.84 bits per heavy atom. The number of amides is 1. The molecular weight excluding hydrogens is 342 g/mol. The third-order valence-corrected chi connectivity index (χ3v) is 4.49. The van der Waals surface area contributed by atoms with Gasteiger partial charge in [-0.1, -0.05) is 12.1 Å². The number of nitrogens with zero attached hydrogens (tertiary/aromatic N) is 4. The fourth-order valence-corrected chi connectivity index (χ4v) is 3.22. The summed E-state index contributed by atoms with van der Waals surface area (Å²) in [6.07, 6.45) is 1.42. The Morgan fingerprint density at radius 1 is 1.32 bits per heavy atom. The molecule has 1 amide bonds. The Balaban J connectivity index is 1.85. The summed E-state index contributed by atoms with van der Waals surface area (Å²) in [5.74, 6) is -0.706. The lowest BCUT2D eigenvalue weighted by Gasteiger charge is -2.08. The molecule has 0 spiro atoms. The second kappa shape index (κ2) is 7.22. The zero-order valence-electron chi connectivity index (χ0n) is 13.6. The van der Waals surface area contributed by atoms with Gasteiger partial charge in [-0.25, -0.2) is 4.79 Å². The molecule has 0 aliphatic heterocycles. The molecule has 1 N–H and O–H groups in total. The molecular formula is C16H15N5O3S. The van der Waals surface area contributed by atoms with Crippen LogP contribution < -0.4 is 5.32 Å². The average Bonchev–Trinajstić information content (AvgIpc) is 3.25. The molecule has 0 fully saturated rings. The quantitative estimate of drug-likeness (QED) is 0.704. The Morgan fingerprint density at radius 2 is 2.12 bits per heavy atom. The Bertz CT molecular complexity index is 904. The van der Waals surface area contributed by atoms with Crippen LogP contribution in [0.15, 0.2) is 36.7 Å². The summed E-state index contributed by atoms with van der Waals surface area (Å²) >= 11 is 1.18. The summed E-state index contributed by atoms with van der Waals surface area (Å²) in [4.78, 5) is 25.0. The van der Waals surface area contributed by atoms with E-state index in [0.29, 0.717) is 27.7 Å². The van der Waals surface area contributed by atoms with Crippen molar-refractivity contribution < 1.29 is 14.3 Å². The summed E-state index contributed by atoms with van der Waals surface area (Å²) in [6, 6.07) is 8.72. The van der Waals surface area contributed by atoms with Gasteiger partial charge in [-0.3, -0.25) is 4.79 Å². The summed E-state index contributed by atoms with van der Waals surface area (Å²) in [6.45, 7) is 3.85. The van der Waals surface area contributed by atoms with Crippen molar-refractivity contribution in [3.05, 3.63) is 52.7 Å². The minimum absolute atomic E-state index is 0.303. The maximum absolute atomic E-state index is 12.6. The van der Waals surface area contributed by atoms with Gasteiger partial charge in [-0.05, 0) is 48.0 Å². The first-order chi connectivity index (χ1) is 12.1. The van der Waals surface area contributed by atoms with Crippen LogP contribution in [0, 0.1) is 6.92 Å². The predicted molar refractivity (Wildman–Crippen MR) is 92.1 cm³/mol. The highest BCUT2D eigenvalue weighted by Crippen LogP contribution is 2.28. The van der Waals surface area contributed by atoms with Gasteiger partial charge in [-0.2, -0.15) is 4.68 Å². The van der Waals surface area contributed by atoms with E-state index in [2.05, 4.69) is 20.8 Å². The SMILES string of the molecule is CCOC(=O)c1sc(NC(=O)c2ccccc2-n2cnnn2)cc1C. The summed E-state index contributed by atoms with van der Waals surface area (Å²) in [7, 11) is 0. The Labute approximate surface area is 147 Å². The molecule has 0 saturated carbocycles. The molecule has 2 heterocycles. The summed E-state index contributed by atoms with van der Waals surface area (Å²) in [5.41, 5.74) is 1.73. The first-order valence-electron chi connectivity index (χ1n) is 7.51. The van der Waals surface area contributed by atoms with E-state index in [0.717, 1.165) is 5.56 Å². The number of hydrogen-bond donors (Lipinski definition) is 1. The van der Waals surface area contributed by atoms with Crippen molar-refractivity contribution in [3.63, 3.8) is 0 Å². The van der Waals surface area contributed by atoms with Crippen LogP contribution in [-0.4, -0.2) is 38.7 Å². The lowest BCUT2D eigenvalue weighted by atomic mass is 10.1. The van der Waals surface area contributed by atoms with Gasteiger partial charge in [-0.15, -0.1) is 16.4 Å². The molecule has 0 unspecified atom stereocenters. The molecule has 0 aliphatic rings. The van der Waals surface area contributed by atoms with Crippen molar-refractivity contribution in [2.24, 2.45) is 0 Å². The van der Waals surface area contributed by atoms with E-state index in [9.17, 15) is 9.59 Å². The van der Waals surface area contributed by atoms with Crippen molar-refractivity contribution in [3.8, 4) is 5.69 Å². The fourth-order valence-electron chi connectivity index (χ4n) is 2.26. The molecule has 8 nitrogen and oxygen atoms in total. The number of aryl methyl sites for hydroxylation is 1. The van der Waals surface area contributed by atoms with Crippen LogP contribution in [0.4, 0.5) is 5.00 Å². The molecule has 0 bridgehead atoms. The third-order valence-electron chi connectivity index (χ3n) is 3.36. The zero-order valence-corrected chi connectivity index (χ0v) is 14.4. The van der Waals surface area contributed by atoms with E-state index < -0.39 is 0 Å². The van der Waals surface area contributed by atoms with Crippen LogP contribution in [0.1, 0.15) is 32.5 Å². The summed E-state index contributed by atoms with van der Waals surface area (Å²) < 4.78 is 6.43. The van der Waals surface area contributed by atoms with Gasteiger partial charge in [0.2, 0.25) is 0 Å². The van der Waals surface area contributed by atoms with Crippen molar-refractivity contribution >= 4 is 28.2 Å². The van der Waals surface area contributed by atoms with Crippen LogP contribution in [0.25, 0.3) is 5.69 Å². The number of tetrazole rings is 1. The minimum Gasteiger partial charge on any atom is -0.462 e. The molecule has 0 radical (unpaired) electrons. The lowest BCUT2D eigenvalue weighted by Crippen LogP contribution is -2.14. The number of rotatable bonds is 5. The van der Waals surface area contributed by atoms with Gasteiger partial charge in [0, 0.05) is 0 Å². The number of hydrogen-bond acceptors (Lipinski definition) is 7. The number of nitrogens with one attached hydrogen (secondary N) is 1. The number of ether oxygens (including phenoxy) is 1. The molecule has 0 atom stereocenters. The fraction of sp³-hybridized carbons (Fsp3) is 0.188. The van der Waals surface area contributed by atoms with E-state index in [-0.39, 0.29) is 11.9 Å². The van der Waals surface area contributed by atoms with E-state index in [1.165, 1.54) is 22.3 Å². The second-order valence-corrected chi connectivity index (χ2v) is 6.12. The van der Waals surface area contributed by atoms with Crippen LogP contribution in [0.2, 0.25) is 0 Å². The molecule has 3 aromatic rings. The van der Waals surface area contributed by atoms with Gasteiger partial charge >= 0.3 is 5.97 Å². The second-order valence-electron chi connectivity index (χ2n) is 5.07. The molecule has 0 saturated heterocycles. The van der Waals surface area contributed by atoms with Gasteiger partial charge in [0.1, 0.15) is 11.2 Å². The number of anilines is 1. The van der Waals surface area contributed by atoms with Crippen molar-refractivity contribution in [2.45, 2.75) is 13.8 Å². The van der Waals surface area contributed by atoms with Crippen LogP contribution in [0.3, 0.4) is 0 Å². The number of carbonyl (C=O) groups excluding carboxylic acids is 2. The topological polar surface area (TPSA) is 99.0 Å². The molecule has 2 aromatic heterocycles. The standard InChI is InChI=1S/C16H15N5O3S/c1-3-24-16(23)14-10(2)8-13(25-14)18-15(22)11-6-4-5-7-12(11)21-9-17-19-20-21/h4-9H,3H2,1-2H3,(H,18,22). The molecule has 128 valence electrons. The molecule has 0 aliphatic carbocycles. The predicted octanol–water partition coefficient (Wildman–Crippen LogP) is 2.46. The van der Waals surface area contributed by atoms with E-state index in [1.807, 2.05) is 0 Å². The smallest absolute Gasteiger partial charge is 0.348 e. The highest BCUT2D eigenvalue weighted by atomic mass is 32.1. The monoisotopic (exact) mass is 357 g/mol. The molecule has 1 aromatic carbocycles. The van der Waals surface area contributed by atoms with E-state index in [4.69, 9.17) is 4.74 Å². The molecule has 25 heavy (non-hydrogen) atoms. The summed E-state index contributed by atoms with van der Waals surface area (Å²) in [5, 5.41) is 14.4. The molecule has 3 rings (SSSR count). The van der Waals surface area contributed by atoms with Crippen LogP contribution >= 0.6 is 11.3 Å². The van der Waals surface area contributed by atoms with Gasteiger partial charge in [0.15, 0.2) is 0 Å². The largest absolute Gasteiger partial charge is 0.462 e. The van der Waals surface area contributed by atoms with Gasteiger partial charge in [0.25, 0.3) is 5.91 Å². The van der Waals surface area contributed by atoms with Crippen molar-refractivity contribution in [2.75, 3.05) is 11.9 Å². The highest BCUT2D eigenvalue weighted by Gasteiger charge is 2.18. The minimum atomic E-state index is -0.389. The Kier molecular flexibility index (Phi) is 4.85. The zero-order chi connectivity index (χ0) is 17.8. The van der Waals surface area contributed by atoms with Crippen LogP contribution in [0.5, 0.6) is 0 Å². The van der Waals surface area contributed by atoms with Crippen LogP contribution in [-0.2, 0) is 4.74 Å². The first kappa shape index (κ1) is 16.8. The van der Waals surface area contributed by atoms with E-state index in [1.54, 1.807) is 44.2 Å². The maximum Gasteiger partial charge on any atom is 0.348 e. The van der Waals surface area contributed by atoms with E-state index >= 15 is 0 Å². The van der Waals surface area contributed by atoms with Crippen molar-refractivity contribution in [1.82, 2.24) is 20.2 Å². The first-order valence-corrected chi connectivity index (χ1v) is 8.33. The van der Waals surface area contributed by atoms with Gasteiger partial charge in [0.05, 0.1) is 22.9 Å². The number of thiophene rings is 1. The number of aromatic nitrogens is 4. The number of para-hydroxylation sites is 1. The number of esters is 1. The third kappa shape index (κ3) is 3.56. The number of carbonyl (C=O) groups is 2. The average molecular weight is 357 g/mol. The molecule has 9 heteroatoms. The normalized spacial score (nSPS) is 10.5. The Hall–Kier alpha value is -3.07. The lowest BCUT2D eigenvalue weighted by molar-refractivity contribution is 0.0531. The number of benzene rings is 1. The highest BCUT2D eigenvalue weighted by molar-refractivity contribution is 7.18.